The zero-order valence-electron chi connectivity index (χ0n) is 7.18. The molecule has 66 valence electrons. The first-order valence-electron chi connectivity index (χ1n) is 4.56. The predicted octanol–water partition coefficient (Wildman–Crippen LogP) is 2.82. The topological polar surface area (TPSA) is 9.23 Å². The number of alkyl halides is 1. The molecule has 0 saturated carbocycles. The van der Waals surface area contributed by atoms with Gasteiger partial charge in [-0.15, -0.1) is 11.6 Å². The second-order valence-corrected chi connectivity index (χ2v) is 3.84. The van der Waals surface area contributed by atoms with Crippen molar-refractivity contribution < 1.29 is 4.74 Å². The number of ether oxygens (including phenoxy) is 1. The quantitative estimate of drug-likeness (QED) is 0.601. The van der Waals surface area contributed by atoms with Crippen LogP contribution in [0.1, 0.15) is 32.6 Å². The average Bonchev–Trinajstić information content (AvgIpc) is 2.07. The summed E-state index contributed by atoms with van der Waals surface area (Å²) in [7, 11) is 0. The molecule has 0 aromatic carbocycles. The summed E-state index contributed by atoms with van der Waals surface area (Å²) in [5.74, 6) is 0.616. The lowest BCUT2D eigenvalue weighted by Gasteiger charge is -2.25. The molecule has 1 aliphatic heterocycles. The molecule has 0 amide bonds. The van der Waals surface area contributed by atoms with E-state index >= 15 is 0 Å². The van der Waals surface area contributed by atoms with E-state index in [4.69, 9.17) is 16.3 Å². The summed E-state index contributed by atoms with van der Waals surface area (Å²) in [5, 5.41) is 0.348. The molecule has 0 aromatic heterocycles. The van der Waals surface area contributed by atoms with Crippen molar-refractivity contribution in [1.29, 1.82) is 0 Å². The van der Waals surface area contributed by atoms with Crippen molar-refractivity contribution >= 4 is 11.6 Å². The Labute approximate surface area is 74.1 Å². The first-order valence-corrected chi connectivity index (χ1v) is 5.00. The van der Waals surface area contributed by atoms with Gasteiger partial charge in [0.25, 0.3) is 0 Å². The Morgan fingerprint density at radius 1 is 1.64 bits per heavy atom. The van der Waals surface area contributed by atoms with Gasteiger partial charge in [0.05, 0.1) is 6.61 Å². The van der Waals surface area contributed by atoms with Crippen LogP contribution in [0.3, 0.4) is 0 Å². The molecular weight excluding hydrogens is 160 g/mol. The van der Waals surface area contributed by atoms with E-state index in [9.17, 15) is 0 Å². The molecule has 2 heteroatoms. The third kappa shape index (κ3) is 3.00. The highest BCUT2D eigenvalue weighted by Crippen LogP contribution is 2.24. The maximum absolute atomic E-state index is 6.18. The van der Waals surface area contributed by atoms with E-state index in [1.807, 2.05) is 0 Å². The summed E-state index contributed by atoms with van der Waals surface area (Å²) in [6.07, 6.45) is 4.77. The van der Waals surface area contributed by atoms with Gasteiger partial charge in [-0.05, 0) is 25.2 Å². The van der Waals surface area contributed by atoms with Crippen molar-refractivity contribution in [2.24, 2.45) is 5.92 Å². The Hall–Kier alpha value is 0.250. The highest BCUT2D eigenvalue weighted by atomic mass is 35.5. The summed E-state index contributed by atoms with van der Waals surface area (Å²) in [5.41, 5.74) is 0. The van der Waals surface area contributed by atoms with Gasteiger partial charge >= 0.3 is 0 Å². The zero-order valence-corrected chi connectivity index (χ0v) is 7.94. The molecule has 0 aliphatic carbocycles. The SMILES string of the molecule is CCCC(Cl)C1CCCOC1. The second-order valence-electron chi connectivity index (χ2n) is 3.28. The molecule has 0 radical (unpaired) electrons. The van der Waals surface area contributed by atoms with Crippen molar-refractivity contribution in [1.82, 2.24) is 0 Å². The normalized spacial score (nSPS) is 28.4. The Balaban J connectivity index is 2.21. The lowest BCUT2D eigenvalue weighted by atomic mass is 9.96. The number of rotatable bonds is 3. The lowest BCUT2D eigenvalue weighted by Crippen LogP contribution is -2.25. The standard InChI is InChI=1S/C9H17ClO/c1-2-4-9(10)8-5-3-6-11-7-8/h8-9H,2-7H2,1H3. The number of hydrogen-bond donors (Lipinski definition) is 0. The van der Waals surface area contributed by atoms with Crippen LogP contribution >= 0.6 is 11.6 Å². The van der Waals surface area contributed by atoms with Gasteiger partial charge in [-0.2, -0.15) is 0 Å². The molecule has 0 aromatic rings. The van der Waals surface area contributed by atoms with E-state index in [0.717, 1.165) is 19.6 Å². The van der Waals surface area contributed by atoms with Crippen LogP contribution in [0.2, 0.25) is 0 Å². The van der Waals surface area contributed by atoms with Gasteiger partial charge in [0.15, 0.2) is 0 Å². The van der Waals surface area contributed by atoms with E-state index in [0.29, 0.717) is 11.3 Å². The summed E-state index contributed by atoms with van der Waals surface area (Å²) < 4.78 is 5.37. The molecule has 0 N–H and O–H groups in total. The first kappa shape index (κ1) is 9.34. The molecule has 2 atom stereocenters. The maximum atomic E-state index is 6.18. The highest BCUT2D eigenvalue weighted by molar-refractivity contribution is 6.20. The molecule has 1 heterocycles. The Morgan fingerprint density at radius 2 is 2.45 bits per heavy atom. The molecule has 1 nitrogen and oxygen atoms in total. The molecule has 1 rings (SSSR count). The fourth-order valence-corrected chi connectivity index (χ4v) is 1.98. The summed E-state index contributed by atoms with van der Waals surface area (Å²) in [4.78, 5) is 0. The smallest absolute Gasteiger partial charge is 0.0508 e. The molecular formula is C9H17ClO. The van der Waals surface area contributed by atoms with Crippen LogP contribution in [0.5, 0.6) is 0 Å². The van der Waals surface area contributed by atoms with E-state index < -0.39 is 0 Å². The van der Waals surface area contributed by atoms with Crippen molar-refractivity contribution in [2.75, 3.05) is 13.2 Å². The summed E-state index contributed by atoms with van der Waals surface area (Å²) in [6, 6.07) is 0. The average molecular weight is 177 g/mol. The number of halogens is 1. The third-order valence-electron chi connectivity index (χ3n) is 2.27. The van der Waals surface area contributed by atoms with Crippen molar-refractivity contribution in [3.63, 3.8) is 0 Å². The first-order chi connectivity index (χ1) is 5.34. The van der Waals surface area contributed by atoms with Gasteiger partial charge in [-0.3, -0.25) is 0 Å². The van der Waals surface area contributed by atoms with Crippen LogP contribution in [-0.4, -0.2) is 18.6 Å². The molecule has 11 heavy (non-hydrogen) atoms. The van der Waals surface area contributed by atoms with Gasteiger partial charge in [-0.1, -0.05) is 13.3 Å². The second kappa shape index (κ2) is 5.00. The molecule has 0 spiro atoms. The van der Waals surface area contributed by atoms with E-state index in [1.165, 1.54) is 19.3 Å². The Bertz CT molecular complexity index is 99.7. The van der Waals surface area contributed by atoms with Crippen LogP contribution in [0.15, 0.2) is 0 Å². The molecule has 1 fully saturated rings. The van der Waals surface area contributed by atoms with Crippen molar-refractivity contribution in [2.45, 2.75) is 38.0 Å². The zero-order chi connectivity index (χ0) is 8.10. The van der Waals surface area contributed by atoms with Gasteiger partial charge in [0.2, 0.25) is 0 Å². The van der Waals surface area contributed by atoms with E-state index in [2.05, 4.69) is 6.92 Å². The predicted molar refractivity (Wildman–Crippen MR) is 48.1 cm³/mol. The summed E-state index contributed by atoms with van der Waals surface area (Å²) in [6.45, 7) is 4.00. The number of hydrogen-bond acceptors (Lipinski definition) is 1. The fraction of sp³-hybridized carbons (Fsp3) is 1.00. The van der Waals surface area contributed by atoms with Crippen LogP contribution in [0.25, 0.3) is 0 Å². The van der Waals surface area contributed by atoms with E-state index in [-0.39, 0.29) is 0 Å². The van der Waals surface area contributed by atoms with Crippen LogP contribution in [0.4, 0.5) is 0 Å². The minimum Gasteiger partial charge on any atom is -0.381 e. The van der Waals surface area contributed by atoms with E-state index in [1.54, 1.807) is 0 Å². The largest absolute Gasteiger partial charge is 0.381 e. The fourth-order valence-electron chi connectivity index (χ4n) is 1.56. The minimum absolute atomic E-state index is 0.348. The monoisotopic (exact) mass is 176 g/mol. The summed E-state index contributed by atoms with van der Waals surface area (Å²) >= 11 is 6.18. The van der Waals surface area contributed by atoms with Crippen LogP contribution in [-0.2, 0) is 4.74 Å². The molecule has 1 saturated heterocycles. The van der Waals surface area contributed by atoms with Gasteiger partial charge in [-0.25, -0.2) is 0 Å². The van der Waals surface area contributed by atoms with Crippen molar-refractivity contribution in [3.05, 3.63) is 0 Å². The Morgan fingerprint density at radius 3 is 3.00 bits per heavy atom. The maximum Gasteiger partial charge on any atom is 0.0508 e. The highest BCUT2D eigenvalue weighted by Gasteiger charge is 2.21. The van der Waals surface area contributed by atoms with Gasteiger partial charge in [0.1, 0.15) is 0 Å². The van der Waals surface area contributed by atoms with Gasteiger partial charge in [0, 0.05) is 12.0 Å². The van der Waals surface area contributed by atoms with Crippen LogP contribution < -0.4 is 0 Å². The molecule has 0 bridgehead atoms. The van der Waals surface area contributed by atoms with Crippen LogP contribution in [0, 0.1) is 5.92 Å². The minimum atomic E-state index is 0.348. The third-order valence-corrected chi connectivity index (χ3v) is 2.85. The lowest BCUT2D eigenvalue weighted by molar-refractivity contribution is 0.0524. The molecule has 2 unspecified atom stereocenters. The Kier molecular flexibility index (Phi) is 4.24. The van der Waals surface area contributed by atoms with Gasteiger partial charge < -0.3 is 4.74 Å². The van der Waals surface area contributed by atoms with Crippen molar-refractivity contribution in [3.8, 4) is 0 Å². The molecule has 1 aliphatic rings.